The average molecular weight is 296 g/mol. The molecule has 19 heavy (non-hydrogen) atoms. The molecule has 2 nitrogen and oxygen atoms in total. The molecule has 0 aliphatic heterocycles. The molecular weight excluding hydrogens is 278 g/mol. The van der Waals surface area contributed by atoms with E-state index in [-0.39, 0.29) is 6.04 Å². The average Bonchev–Trinajstić information content (AvgIpc) is 2.69. The molecule has 4 heteroatoms. The third kappa shape index (κ3) is 3.23. The number of thiophene rings is 1. The van der Waals surface area contributed by atoms with Crippen LogP contribution < -0.4 is 10.1 Å². The van der Waals surface area contributed by atoms with Gasteiger partial charge in [0.2, 0.25) is 0 Å². The smallest absolute Gasteiger partial charge is 0.142 e. The molecule has 0 spiro atoms. The second kappa shape index (κ2) is 5.85. The summed E-state index contributed by atoms with van der Waals surface area (Å²) in [6.45, 7) is 6.43. The van der Waals surface area contributed by atoms with Gasteiger partial charge in [0.25, 0.3) is 0 Å². The van der Waals surface area contributed by atoms with Crippen LogP contribution in [0.25, 0.3) is 0 Å². The van der Waals surface area contributed by atoms with Crippen molar-refractivity contribution in [3.63, 3.8) is 0 Å². The van der Waals surface area contributed by atoms with Crippen LogP contribution in [-0.4, -0.2) is 7.11 Å². The van der Waals surface area contributed by atoms with E-state index in [0.717, 1.165) is 11.4 Å². The zero-order valence-corrected chi connectivity index (χ0v) is 13.2. The molecule has 2 rings (SSSR count). The molecule has 1 unspecified atom stereocenters. The van der Waals surface area contributed by atoms with E-state index in [1.165, 1.54) is 15.3 Å². The first-order valence-electron chi connectivity index (χ1n) is 6.18. The summed E-state index contributed by atoms with van der Waals surface area (Å²) >= 11 is 7.87. The molecule has 0 saturated carbocycles. The van der Waals surface area contributed by atoms with Gasteiger partial charge in [0.05, 0.1) is 12.8 Å². The van der Waals surface area contributed by atoms with E-state index in [4.69, 9.17) is 16.3 Å². The van der Waals surface area contributed by atoms with Gasteiger partial charge in [-0.2, -0.15) is 0 Å². The van der Waals surface area contributed by atoms with E-state index in [9.17, 15) is 0 Å². The zero-order chi connectivity index (χ0) is 14.0. The third-order valence-corrected chi connectivity index (χ3v) is 4.30. The van der Waals surface area contributed by atoms with Crippen LogP contribution in [0.15, 0.2) is 24.3 Å². The number of methoxy groups -OCH3 is 1. The molecule has 1 N–H and O–H groups in total. The Balaban J connectivity index is 2.25. The van der Waals surface area contributed by atoms with Crippen molar-refractivity contribution in [2.75, 3.05) is 12.4 Å². The van der Waals surface area contributed by atoms with Crippen molar-refractivity contribution < 1.29 is 4.74 Å². The van der Waals surface area contributed by atoms with Crippen molar-refractivity contribution in [1.29, 1.82) is 0 Å². The van der Waals surface area contributed by atoms with E-state index in [1.54, 1.807) is 7.11 Å². The lowest BCUT2D eigenvalue weighted by Crippen LogP contribution is -2.07. The number of halogens is 1. The van der Waals surface area contributed by atoms with Crippen molar-refractivity contribution in [1.82, 2.24) is 0 Å². The maximum atomic E-state index is 6.05. The second-order valence-electron chi connectivity index (χ2n) is 4.58. The van der Waals surface area contributed by atoms with E-state index in [2.05, 4.69) is 32.2 Å². The van der Waals surface area contributed by atoms with Crippen LogP contribution in [0.2, 0.25) is 5.02 Å². The Morgan fingerprint density at radius 1 is 1.26 bits per heavy atom. The molecule has 1 heterocycles. The molecule has 1 atom stereocenters. The lowest BCUT2D eigenvalue weighted by Gasteiger charge is -2.18. The molecule has 0 aliphatic carbocycles. The number of hydrogen-bond acceptors (Lipinski definition) is 3. The SMILES string of the molecule is COc1ccc(Cl)cc1NC(C)c1cc(C)sc1C. The van der Waals surface area contributed by atoms with Gasteiger partial charge >= 0.3 is 0 Å². The fraction of sp³-hybridized carbons (Fsp3) is 0.333. The molecule has 0 radical (unpaired) electrons. The van der Waals surface area contributed by atoms with Gasteiger partial charge in [-0.1, -0.05) is 11.6 Å². The minimum Gasteiger partial charge on any atom is -0.495 e. The number of aryl methyl sites for hydroxylation is 2. The van der Waals surface area contributed by atoms with Crippen molar-refractivity contribution in [3.8, 4) is 5.75 Å². The van der Waals surface area contributed by atoms with E-state index in [1.807, 2.05) is 29.5 Å². The predicted molar refractivity (Wildman–Crippen MR) is 83.8 cm³/mol. The summed E-state index contributed by atoms with van der Waals surface area (Å²) < 4.78 is 5.35. The molecule has 0 saturated heterocycles. The number of ether oxygens (including phenoxy) is 1. The molecule has 0 amide bonds. The summed E-state index contributed by atoms with van der Waals surface area (Å²) in [4.78, 5) is 2.68. The Hall–Kier alpha value is -1.19. The minimum atomic E-state index is 0.220. The Morgan fingerprint density at radius 3 is 2.58 bits per heavy atom. The molecule has 1 aromatic heterocycles. The lowest BCUT2D eigenvalue weighted by atomic mass is 10.1. The largest absolute Gasteiger partial charge is 0.495 e. The molecule has 0 fully saturated rings. The van der Waals surface area contributed by atoms with Gasteiger partial charge in [-0.15, -0.1) is 11.3 Å². The number of hydrogen-bond donors (Lipinski definition) is 1. The van der Waals surface area contributed by atoms with Crippen LogP contribution in [0.1, 0.15) is 28.3 Å². The number of anilines is 1. The zero-order valence-electron chi connectivity index (χ0n) is 11.6. The van der Waals surface area contributed by atoms with Gasteiger partial charge < -0.3 is 10.1 Å². The quantitative estimate of drug-likeness (QED) is 0.837. The summed E-state index contributed by atoms with van der Waals surface area (Å²) in [5.41, 5.74) is 2.25. The van der Waals surface area contributed by atoms with Gasteiger partial charge in [0.1, 0.15) is 5.75 Å². The van der Waals surface area contributed by atoms with E-state index in [0.29, 0.717) is 5.02 Å². The van der Waals surface area contributed by atoms with Crippen molar-refractivity contribution in [2.24, 2.45) is 0 Å². The Bertz CT molecular complexity index is 580. The molecule has 2 aromatic rings. The fourth-order valence-electron chi connectivity index (χ4n) is 2.18. The number of benzene rings is 1. The predicted octanol–water partition coefficient (Wildman–Crippen LogP) is 5.20. The highest BCUT2D eigenvalue weighted by molar-refractivity contribution is 7.12. The summed E-state index contributed by atoms with van der Waals surface area (Å²) in [6.07, 6.45) is 0. The maximum absolute atomic E-state index is 6.05. The van der Waals surface area contributed by atoms with Crippen molar-refractivity contribution in [2.45, 2.75) is 26.8 Å². The highest BCUT2D eigenvalue weighted by Gasteiger charge is 2.13. The third-order valence-electron chi connectivity index (χ3n) is 3.08. The first-order valence-corrected chi connectivity index (χ1v) is 7.37. The van der Waals surface area contributed by atoms with Crippen LogP contribution in [-0.2, 0) is 0 Å². The highest BCUT2D eigenvalue weighted by Crippen LogP contribution is 2.33. The topological polar surface area (TPSA) is 21.3 Å². The van der Waals surface area contributed by atoms with Gasteiger partial charge in [0, 0.05) is 20.8 Å². The molecule has 0 bridgehead atoms. The Kier molecular flexibility index (Phi) is 4.38. The molecule has 102 valence electrons. The van der Waals surface area contributed by atoms with Gasteiger partial charge in [0.15, 0.2) is 0 Å². The highest BCUT2D eigenvalue weighted by atomic mass is 35.5. The van der Waals surface area contributed by atoms with Crippen LogP contribution in [0, 0.1) is 13.8 Å². The first-order chi connectivity index (χ1) is 9.01. The van der Waals surface area contributed by atoms with Crippen LogP contribution in [0.5, 0.6) is 5.75 Å². The number of nitrogens with one attached hydrogen (secondary N) is 1. The Morgan fingerprint density at radius 2 is 2.00 bits per heavy atom. The van der Waals surface area contributed by atoms with Crippen LogP contribution in [0.4, 0.5) is 5.69 Å². The summed E-state index contributed by atoms with van der Waals surface area (Å²) in [7, 11) is 1.67. The molecule has 1 aromatic carbocycles. The monoisotopic (exact) mass is 295 g/mol. The maximum Gasteiger partial charge on any atom is 0.142 e. The molecular formula is C15H18ClNOS. The normalized spacial score (nSPS) is 12.3. The Labute approximate surface area is 123 Å². The summed E-state index contributed by atoms with van der Waals surface area (Å²) in [6, 6.07) is 8.05. The van der Waals surface area contributed by atoms with E-state index < -0.39 is 0 Å². The van der Waals surface area contributed by atoms with Crippen LogP contribution in [0.3, 0.4) is 0 Å². The van der Waals surface area contributed by atoms with E-state index >= 15 is 0 Å². The van der Waals surface area contributed by atoms with Gasteiger partial charge in [-0.05, 0) is 50.6 Å². The summed E-state index contributed by atoms with van der Waals surface area (Å²) in [5.74, 6) is 0.806. The minimum absolute atomic E-state index is 0.220. The molecule has 0 aliphatic rings. The van der Waals surface area contributed by atoms with Gasteiger partial charge in [-0.25, -0.2) is 0 Å². The first kappa shape index (κ1) is 14.2. The van der Waals surface area contributed by atoms with Crippen molar-refractivity contribution in [3.05, 3.63) is 44.6 Å². The standard InChI is InChI=1S/C15H18ClNOS/c1-9-7-13(11(3)19-9)10(2)17-14-8-12(16)5-6-15(14)18-4/h5-8,10,17H,1-4H3. The summed E-state index contributed by atoms with van der Waals surface area (Å²) in [5, 5.41) is 4.17. The fourth-order valence-corrected chi connectivity index (χ4v) is 3.38. The van der Waals surface area contributed by atoms with Crippen molar-refractivity contribution >= 4 is 28.6 Å². The van der Waals surface area contributed by atoms with Gasteiger partial charge in [-0.3, -0.25) is 0 Å². The van der Waals surface area contributed by atoms with Crippen LogP contribution >= 0.6 is 22.9 Å². The second-order valence-corrected chi connectivity index (χ2v) is 6.48. The number of rotatable bonds is 4. The lowest BCUT2D eigenvalue weighted by molar-refractivity contribution is 0.416.